The van der Waals surface area contributed by atoms with E-state index in [1.165, 1.54) is 0 Å². The summed E-state index contributed by atoms with van der Waals surface area (Å²) in [4.78, 5) is 3.10. The van der Waals surface area contributed by atoms with Gasteiger partial charge in [0.2, 0.25) is 0 Å². The highest BCUT2D eigenvalue weighted by atomic mass is 35.5. The molecule has 0 saturated carbocycles. The zero-order valence-electron chi connectivity index (χ0n) is 12.4. The van der Waals surface area contributed by atoms with Crippen molar-refractivity contribution in [2.75, 3.05) is 5.43 Å². The Morgan fingerprint density at radius 3 is 2.61 bits per heavy atom. The van der Waals surface area contributed by atoms with Crippen LogP contribution in [0.2, 0.25) is 5.02 Å². The maximum atomic E-state index is 9.31. The van der Waals surface area contributed by atoms with Crippen LogP contribution in [0.5, 0.6) is 0 Å². The van der Waals surface area contributed by atoms with Crippen molar-refractivity contribution in [3.8, 4) is 6.07 Å². The average molecular weight is 343 g/mol. The van der Waals surface area contributed by atoms with Crippen LogP contribution in [-0.2, 0) is 12.8 Å². The number of hydrogen-bond donors (Lipinski definition) is 2. The molecule has 0 bridgehead atoms. The standard InChI is InChI=1S/C17H15ClN4S/c18-12-7-5-11(6-8-12)10-20-22-16-14-4-2-1-3-13(14)15(9-19)17(23)21-16/h5-8,10H,1-4H2,(H2,21,22,23)/b20-10+. The van der Waals surface area contributed by atoms with Crippen molar-refractivity contribution < 1.29 is 0 Å². The molecule has 0 unspecified atom stereocenters. The van der Waals surface area contributed by atoms with Gasteiger partial charge in [0.1, 0.15) is 16.5 Å². The van der Waals surface area contributed by atoms with Crippen LogP contribution in [0.15, 0.2) is 29.4 Å². The number of nitriles is 1. The number of hydrogen-bond acceptors (Lipinski definition) is 4. The van der Waals surface area contributed by atoms with Crippen LogP contribution in [0.3, 0.4) is 0 Å². The number of pyridine rings is 1. The zero-order chi connectivity index (χ0) is 16.2. The first-order valence-corrected chi connectivity index (χ1v) is 8.20. The Morgan fingerprint density at radius 1 is 1.22 bits per heavy atom. The predicted octanol–water partition coefficient (Wildman–Crippen LogP) is 4.59. The molecule has 0 fully saturated rings. The van der Waals surface area contributed by atoms with Crippen molar-refractivity contribution in [2.45, 2.75) is 25.7 Å². The van der Waals surface area contributed by atoms with Gasteiger partial charge in [-0.1, -0.05) is 36.0 Å². The van der Waals surface area contributed by atoms with Gasteiger partial charge in [0.25, 0.3) is 0 Å². The zero-order valence-corrected chi connectivity index (χ0v) is 14.0. The fraction of sp³-hybridized carbons (Fsp3) is 0.235. The summed E-state index contributed by atoms with van der Waals surface area (Å²) in [6.07, 6.45) is 5.74. The van der Waals surface area contributed by atoms with E-state index in [9.17, 15) is 5.26 Å². The van der Waals surface area contributed by atoms with Crippen molar-refractivity contribution in [1.82, 2.24) is 4.98 Å². The van der Waals surface area contributed by atoms with Gasteiger partial charge in [-0.3, -0.25) is 5.43 Å². The highest BCUT2D eigenvalue weighted by Gasteiger charge is 2.18. The summed E-state index contributed by atoms with van der Waals surface area (Å²) in [7, 11) is 0. The molecule has 2 N–H and O–H groups in total. The number of H-pyrrole nitrogens is 1. The Kier molecular flexibility index (Phi) is 4.75. The van der Waals surface area contributed by atoms with E-state index in [1.807, 2.05) is 24.3 Å². The van der Waals surface area contributed by atoms with Gasteiger partial charge in [-0.2, -0.15) is 10.4 Å². The smallest absolute Gasteiger partial charge is 0.128 e. The van der Waals surface area contributed by atoms with Gasteiger partial charge < -0.3 is 4.98 Å². The van der Waals surface area contributed by atoms with Crippen LogP contribution in [0.25, 0.3) is 0 Å². The molecule has 1 aliphatic rings. The molecule has 0 atom stereocenters. The van der Waals surface area contributed by atoms with Gasteiger partial charge in [-0.05, 0) is 54.5 Å². The van der Waals surface area contributed by atoms with E-state index >= 15 is 0 Å². The molecular formula is C17H15ClN4S. The van der Waals surface area contributed by atoms with Crippen LogP contribution < -0.4 is 5.43 Å². The lowest BCUT2D eigenvalue weighted by Gasteiger charge is -2.20. The third kappa shape index (κ3) is 3.44. The Hall–Kier alpha value is -2.16. The lowest BCUT2D eigenvalue weighted by molar-refractivity contribution is 0.681. The monoisotopic (exact) mass is 342 g/mol. The van der Waals surface area contributed by atoms with Crippen LogP contribution in [0.4, 0.5) is 5.82 Å². The Bertz CT molecular complexity index is 847. The number of anilines is 1. The Morgan fingerprint density at radius 2 is 1.91 bits per heavy atom. The van der Waals surface area contributed by atoms with E-state index in [0.717, 1.165) is 48.2 Å². The summed E-state index contributed by atoms with van der Waals surface area (Å²) >= 11 is 11.2. The normalized spacial score (nSPS) is 13.6. The number of nitrogens with one attached hydrogen (secondary N) is 2. The summed E-state index contributed by atoms with van der Waals surface area (Å²) in [5.74, 6) is 0.786. The van der Waals surface area contributed by atoms with Gasteiger partial charge in [-0.15, -0.1) is 0 Å². The minimum Gasteiger partial charge on any atom is -0.330 e. The number of rotatable bonds is 3. The van der Waals surface area contributed by atoms with Crippen LogP contribution in [-0.4, -0.2) is 11.2 Å². The largest absolute Gasteiger partial charge is 0.330 e. The molecule has 23 heavy (non-hydrogen) atoms. The summed E-state index contributed by atoms with van der Waals surface area (Å²) in [5, 5.41) is 14.3. The summed E-state index contributed by atoms with van der Waals surface area (Å²) in [6, 6.07) is 9.65. The molecule has 0 saturated heterocycles. The van der Waals surface area contributed by atoms with E-state index < -0.39 is 0 Å². The fourth-order valence-corrected chi connectivity index (χ4v) is 3.18. The molecule has 0 amide bonds. The molecule has 116 valence electrons. The number of hydrazone groups is 1. The maximum absolute atomic E-state index is 9.31. The Labute approximate surface area is 144 Å². The van der Waals surface area contributed by atoms with Crippen molar-refractivity contribution in [3.63, 3.8) is 0 Å². The summed E-state index contributed by atoms with van der Waals surface area (Å²) < 4.78 is 0.470. The number of halogens is 1. The van der Waals surface area contributed by atoms with Crippen molar-refractivity contribution in [2.24, 2.45) is 5.10 Å². The van der Waals surface area contributed by atoms with Crippen LogP contribution in [0.1, 0.15) is 35.1 Å². The van der Waals surface area contributed by atoms with Gasteiger partial charge in [0.05, 0.1) is 11.8 Å². The van der Waals surface area contributed by atoms with E-state index in [0.29, 0.717) is 15.2 Å². The third-order valence-electron chi connectivity index (χ3n) is 3.91. The first kappa shape index (κ1) is 15.7. The molecule has 4 nitrogen and oxygen atoms in total. The number of benzene rings is 1. The van der Waals surface area contributed by atoms with E-state index in [2.05, 4.69) is 21.6 Å². The van der Waals surface area contributed by atoms with Crippen LogP contribution in [0, 0.1) is 16.0 Å². The second-order valence-electron chi connectivity index (χ2n) is 5.40. The van der Waals surface area contributed by atoms with Crippen molar-refractivity contribution in [3.05, 3.63) is 56.2 Å². The lowest BCUT2D eigenvalue weighted by atomic mass is 9.90. The summed E-state index contributed by atoms with van der Waals surface area (Å²) in [5.41, 5.74) is 6.76. The number of fused-ring (bicyclic) bond motifs is 1. The number of aromatic nitrogens is 1. The molecule has 6 heteroatoms. The average Bonchev–Trinajstić information content (AvgIpc) is 2.57. The van der Waals surface area contributed by atoms with E-state index in [4.69, 9.17) is 23.8 Å². The molecule has 1 heterocycles. The molecule has 0 aliphatic heterocycles. The van der Waals surface area contributed by atoms with E-state index in [1.54, 1.807) is 6.21 Å². The van der Waals surface area contributed by atoms with Crippen molar-refractivity contribution >= 4 is 35.9 Å². The topological polar surface area (TPSA) is 64.0 Å². The first-order chi connectivity index (χ1) is 11.2. The maximum Gasteiger partial charge on any atom is 0.128 e. The minimum atomic E-state index is 0.470. The molecule has 1 aromatic carbocycles. The first-order valence-electron chi connectivity index (χ1n) is 7.42. The lowest BCUT2D eigenvalue weighted by Crippen LogP contribution is -2.11. The third-order valence-corrected chi connectivity index (χ3v) is 4.47. The molecule has 3 rings (SSSR count). The molecule has 1 aromatic heterocycles. The SMILES string of the molecule is N#Cc1c2c(c(N/N=C/c3ccc(Cl)cc3)[nH]c1=S)CCCC2. The number of nitrogens with zero attached hydrogens (tertiary/aromatic N) is 2. The molecular weight excluding hydrogens is 328 g/mol. The predicted molar refractivity (Wildman–Crippen MR) is 95.7 cm³/mol. The minimum absolute atomic E-state index is 0.470. The molecule has 0 spiro atoms. The summed E-state index contributed by atoms with van der Waals surface area (Å²) in [6.45, 7) is 0. The quantitative estimate of drug-likeness (QED) is 0.487. The highest BCUT2D eigenvalue weighted by Crippen LogP contribution is 2.29. The van der Waals surface area contributed by atoms with Crippen molar-refractivity contribution in [1.29, 1.82) is 5.26 Å². The second kappa shape index (κ2) is 6.95. The van der Waals surface area contributed by atoms with E-state index in [-0.39, 0.29) is 0 Å². The van der Waals surface area contributed by atoms with Gasteiger partial charge in [-0.25, -0.2) is 0 Å². The number of aromatic amines is 1. The van der Waals surface area contributed by atoms with Gasteiger partial charge in [0.15, 0.2) is 0 Å². The fourth-order valence-electron chi connectivity index (χ4n) is 2.78. The highest BCUT2D eigenvalue weighted by molar-refractivity contribution is 7.71. The Balaban J connectivity index is 1.88. The van der Waals surface area contributed by atoms with Gasteiger partial charge in [0, 0.05) is 5.02 Å². The molecule has 1 aliphatic carbocycles. The molecule has 2 aromatic rings. The second-order valence-corrected chi connectivity index (χ2v) is 6.25. The van der Waals surface area contributed by atoms with Crippen LogP contribution >= 0.6 is 23.8 Å². The molecule has 0 radical (unpaired) electrons. The van der Waals surface area contributed by atoms with Gasteiger partial charge >= 0.3 is 0 Å².